The maximum absolute atomic E-state index is 12.2. The largest absolute Gasteiger partial charge is 0.297 e. The van der Waals surface area contributed by atoms with Crippen molar-refractivity contribution in [3.63, 3.8) is 0 Å². The van der Waals surface area contributed by atoms with Crippen LogP contribution in [0.2, 0.25) is 0 Å². The number of amides is 2. The topological polar surface area (TPSA) is 82.5 Å². The van der Waals surface area contributed by atoms with Gasteiger partial charge < -0.3 is 0 Å². The smallest absolute Gasteiger partial charge is 0.274 e. The van der Waals surface area contributed by atoms with Crippen LogP contribution in [-0.2, 0) is 17.6 Å². The standard InChI is InChI=1S/C20H23N3O3/c1-14(24)23(18-5-3-4-10-21-18)13-20(2)9-8-15-11-16(19(25)22-26)6-7-17(15)12-20/h3-7,10-11,26H,8-9,12-13H2,1-2H3,(H,22,25). The van der Waals surface area contributed by atoms with E-state index in [0.717, 1.165) is 24.8 Å². The van der Waals surface area contributed by atoms with Crippen molar-refractivity contribution < 1.29 is 14.8 Å². The predicted molar refractivity (Wildman–Crippen MR) is 98.1 cm³/mol. The van der Waals surface area contributed by atoms with Gasteiger partial charge in [0.1, 0.15) is 5.82 Å². The lowest BCUT2D eigenvalue weighted by atomic mass is 9.72. The summed E-state index contributed by atoms with van der Waals surface area (Å²) >= 11 is 0. The molecule has 26 heavy (non-hydrogen) atoms. The number of hydrogen-bond acceptors (Lipinski definition) is 4. The van der Waals surface area contributed by atoms with E-state index >= 15 is 0 Å². The molecule has 0 saturated carbocycles. The van der Waals surface area contributed by atoms with Crippen LogP contribution >= 0.6 is 0 Å². The molecular weight excluding hydrogens is 330 g/mol. The van der Waals surface area contributed by atoms with E-state index in [2.05, 4.69) is 11.9 Å². The molecule has 3 rings (SSSR count). The fourth-order valence-electron chi connectivity index (χ4n) is 3.61. The van der Waals surface area contributed by atoms with Crippen LogP contribution in [0.5, 0.6) is 0 Å². The Kier molecular flexibility index (Phi) is 5.04. The van der Waals surface area contributed by atoms with Gasteiger partial charge in [-0.05, 0) is 60.1 Å². The Balaban J connectivity index is 1.81. The first kappa shape index (κ1) is 18.1. The number of pyridine rings is 1. The molecule has 6 heteroatoms. The van der Waals surface area contributed by atoms with Crippen molar-refractivity contribution in [3.8, 4) is 0 Å². The maximum atomic E-state index is 12.2. The zero-order chi connectivity index (χ0) is 18.7. The molecule has 1 heterocycles. The van der Waals surface area contributed by atoms with Crippen LogP contribution in [0.1, 0.15) is 41.8 Å². The number of fused-ring (bicyclic) bond motifs is 1. The highest BCUT2D eigenvalue weighted by molar-refractivity contribution is 5.93. The van der Waals surface area contributed by atoms with Gasteiger partial charge in [-0.3, -0.25) is 19.7 Å². The van der Waals surface area contributed by atoms with Gasteiger partial charge in [-0.25, -0.2) is 10.5 Å². The minimum atomic E-state index is -0.501. The number of aromatic nitrogens is 1. The number of hydrogen-bond donors (Lipinski definition) is 2. The fraction of sp³-hybridized carbons (Fsp3) is 0.350. The molecule has 2 aromatic rings. The molecule has 1 unspecified atom stereocenters. The predicted octanol–water partition coefficient (Wildman–Crippen LogP) is 2.75. The van der Waals surface area contributed by atoms with E-state index in [1.54, 1.807) is 29.6 Å². The Labute approximate surface area is 152 Å². The number of carbonyl (C=O) groups is 2. The third-order valence-electron chi connectivity index (χ3n) is 5.03. The lowest BCUT2D eigenvalue weighted by Gasteiger charge is -2.38. The maximum Gasteiger partial charge on any atom is 0.274 e. The number of benzene rings is 1. The lowest BCUT2D eigenvalue weighted by Crippen LogP contribution is -2.42. The van der Waals surface area contributed by atoms with Gasteiger partial charge in [-0.2, -0.15) is 0 Å². The third-order valence-corrected chi connectivity index (χ3v) is 5.03. The Morgan fingerprint density at radius 3 is 2.73 bits per heavy atom. The highest BCUT2D eigenvalue weighted by atomic mass is 16.5. The zero-order valence-electron chi connectivity index (χ0n) is 15.0. The van der Waals surface area contributed by atoms with Gasteiger partial charge in [0.15, 0.2) is 0 Å². The number of anilines is 1. The van der Waals surface area contributed by atoms with Crippen molar-refractivity contribution >= 4 is 17.6 Å². The zero-order valence-corrected chi connectivity index (χ0v) is 15.0. The van der Waals surface area contributed by atoms with Crippen molar-refractivity contribution in [2.45, 2.75) is 33.1 Å². The van der Waals surface area contributed by atoms with Crippen molar-refractivity contribution in [3.05, 3.63) is 59.3 Å². The summed E-state index contributed by atoms with van der Waals surface area (Å²) in [6, 6.07) is 11.1. The molecule has 1 aliphatic rings. The average Bonchev–Trinajstić information content (AvgIpc) is 2.65. The second kappa shape index (κ2) is 7.25. The number of aryl methyl sites for hydroxylation is 1. The lowest BCUT2D eigenvalue weighted by molar-refractivity contribution is -0.117. The molecule has 0 saturated heterocycles. The fourth-order valence-corrected chi connectivity index (χ4v) is 3.61. The van der Waals surface area contributed by atoms with Crippen LogP contribution in [0, 0.1) is 5.41 Å². The van der Waals surface area contributed by atoms with E-state index in [1.807, 2.05) is 30.3 Å². The summed E-state index contributed by atoms with van der Waals surface area (Å²) in [4.78, 5) is 29.8. The minimum absolute atomic E-state index is 0.0225. The van der Waals surface area contributed by atoms with Crippen molar-refractivity contribution in [2.75, 3.05) is 11.4 Å². The summed E-state index contributed by atoms with van der Waals surface area (Å²) in [5.74, 6) is 0.145. The van der Waals surface area contributed by atoms with E-state index in [0.29, 0.717) is 17.9 Å². The molecule has 2 N–H and O–H groups in total. The Morgan fingerprint density at radius 2 is 2.08 bits per heavy atom. The number of nitrogens with zero attached hydrogens (tertiary/aromatic N) is 2. The van der Waals surface area contributed by atoms with Crippen molar-refractivity contribution in [1.82, 2.24) is 10.5 Å². The molecule has 136 valence electrons. The van der Waals surface area contributed by atoms with Gasteiger partial charge in [-0.15, -0.1) is 0 Å². The summed E-state index contributed by atoms with van der Waals surface area (Å²) in [5, 5.41) is 8.79. The van der Waals surface area contributed by atoms with E-state index < -0.39 is 5.91 Å². The van der Waals surface area contributed by atoms with Gasteiger partial charge >= 0.3 is 0 Å². The molecule has 6 nitrogen and oxygen atoms in total. The molecule has 2 amide bonds. The quantitative estimate of drug-likeness (QED) is 0.654. The van der Waals surface area contributed by atoms with Crippen molar-refractivity contribution in [2.24, 2.45) is 5.41 Å². The Hall–Kier alpha value is -2.73. The number of rotatable bonds is 4. The molecule has 0 fully saturated rings. The Morgan fingerprint density at radius 1 is 1.27 bits per heavy atom. The molecule has 1 aromatic carbocycles. The molecule has 0 spiro atoms. The second-order valence-electron chi connectivity index (χ2n) is 7.20. The van der Waals surface area contributed by atoms with E-state index in [1.165, 1.54) is 5.56 Å². The molecule has 0 bridgehead atoms. The third kappa shape index (κ3) is 3.75. The van der Waals surface area contributed by atoms with Crippen LogP contribution in [0.25, 0.3) is 0 Å². The first-order chi connectivity index (χ1) is 12.4. The van der Waals surface area contributed by atoms with E-state index in [4.69, 9.17) is 5.21 Å². The van der Waals surface area contributed by atoms with Crippen LogP contribution in [-0.4, -0.2) is 28.6 Å². The molecular formula is C20H23N3O3. The van der Waals surface area contributed by atoms with Gasteiger partial charge in [0, 0.05) is 25.2 Å². The highest BCUT2D eigenvalue weighted by Crippen LogP contribution is 2.37. The SMILES string of the molecule is CC(=O)N(CC1(C)CCc2cc(C(=O)NO)ccc2C1)c1ccccn1. The summed E-state index contributed by atoms with van der Waals surface area (Å²) in [6.45, 7) is 4.34. The average molecular weight is 353 g/mol. The summed E-state index contributed by atoms with van der Waals surface area (Å²) in [5.41, 5.74) is 4.35. The van der Waals surface area contributed by atoms with Crippen LogP contribution in [0.4, 0.5) is 5.82 Å². The van der Waals surface area contributed by atoms with E-state index in [-0.39, 0.29) is 11.3 Å². The number of nitrogens with one attached hydrogen (secondary N) is 1. The van der Waals surface area contributed by atoms with Crippen LogP contribution in [0.15, 0.2) is 42.6 Å². The van der Waals surface area contributed by atoms with Gasteiger partial charge in [0.05, 0.1) is 0 Å². The summed E-state index contributed by atoms with van der Waals surface area (Å²) in [7, 11) is 0. The second-order valence-corrected chi connectivity index (χ2v) is 7.20. The first-order valence-electron chi connectivity index (χ1n) is 8.67. The highest BCUT2D eigenvalue weighted by Gasteiger charge is 2.33. The monoisotopic (exact) mass is 353 g/mol. The van der Waals surface area contributed by atoms with E-state index in [9.17, 15) is 9.59 Å². The molecule has 1 aliphatic carbocycles. The first-order valence-corrected chi connectivity index (χ1v) is 8.67. The molecule has 0 aliphatic heterocycles. The Bertz CT molecular complexity index is 822. The molecule has 1 aromatic heterocycles. The van der Waals surface area contributed by atoms with Gasteiger partial charge in [-0.1, -0.05) is 19.1 Å². The van der Waals surface area contributed by atoms with Gasteiger partial charge in [0.25, 0.3) is 5.91 Å². The molecule has 0 radical (unpaired) electrons. The van der Waals surface area contributed by atoms with Gasteiger partial charge in [0.2, 0.25) is 5.91 Å². The molecule has 1 atom stereocenters. The van der Waals surface area contributed by atoms with Crippen molar-refractivity contribution in [1.29, 1.82) is 0 Å². The number of hydroxylamine groups is 1. The number of carbonyl (C=O) groups excluding carboxylic acids is 2. The van der Waals surface area contributed by atoms with Crippen LogP contribution < -0.4 is 10.4 Å². The summed E-state index contributed by atoms with van der Waals surface area (Å²) in [6.07, 6.45) is 4.24. The normalized spacial score (nSPS) is 18.7. The van der Waals surface area contributed by atoms with Crippen LogP contribution in [0.3, 0.4) is 0 Å². The minimum Gasteiger partial charge on any atom is -0.297 e. The summed E-state index contributed by atoms with van der Waals surface area (Å²) < 4.78 is 0.